The van der Waals surface area contributed by atoms with Gasteiger partial charge in [0.15, 0.2) is 5.66 Å². The van der Waals surface area contributed by atoms with Gasteiger partial charge in [-0.3, -0.25) is 4.79 Å². The van der Waals surface area contributed by atoms with E-state index >= 15 is 0 Å². The van der Waals surface area contributed by atoms with Crippen LogP contribution in [-0.4, -0.2) is 44.4 Å². The van der Waals surface area contributed by atoms with Gasteiger partial charge in [0, 0.05) is 37.9 Å². The Morgan fingerprint density at radius 1 is 1.42 bits per heavy atom. The Morgan fingerprint density at radius 3 is 2.69 bits per heavy atom. The second-order valence-corrected chi connectivity index (χ2v) is 8.27. The molecular formula is C16H18ClFN4O3S. The number of benzene rings is 1. The van der Waals surface area contributed by atoms with Crippen molar-refractivity contribution in [2.75, 3.05) is 20.1 Å². The van der Waals surface area contributed by atoms with Crippen molar-refractivity contribution >= 4 is 27.5 Å². The summed E-state index contributed by atoms with van der Waals surface area (Å²) >= 11 is 5.62. The average Bonchev–Trinajstić information content (AvgIpc) is 3.32. The first kappa shape index (κ1) is 20.3. The highest BCUT2D eigenvalue weighted by molar-refractivity contribution is 7.89. The zero-order chi connectivity index (χ0) is 19.4. The molecule has 0 aliphatic carbocycles. The van der Waals surface area contributed by atoms with Crippen LogP contribution in [0.4, 0.5) is 4.39 Å². The van der Waals surface area contributed by atoms with Crippen molar-refractivity contribution in [3.8, 4) is 12.3 Å². The number of halogens is 2. The van der Waals surface area contributed by atoms with Gasteiger partial charge in [-0.1, -0.05) is 11.6 Å². The molecule has 1 aliphatic rings. The number of likely N-dealkylation sites (N-methyl/N-ethyl adjacent to an activating group) is 1. The summed E-state index contributed by atoms with van der Waals surface area (Å²) in [5.74, 6) is 1.02. The first-order chi connectivity index (χ1) is 12.2. The van der Waals surface area contributed by atoms with Crippen LogP contribution in [-0.2, 0) is 14.8 Å². The maximum atomic E-state index is 13.9. The van der Waals surface area contributed by atoms with Gasteiger partial charge in [0.25, 0.3) is 0 Å². The van der Waals surface area contributed by atoms with Gasteiger partial charge in [0.1, 0.15) is 10.7 Å². The van der Waals surface area contributed by atoms with E-state index in [0.29, 0.717) is 19.3 Å². The van der Waals surface area contributed by atoms with Crippen molar-refractivity contribution in [2.45, 2.75) is 29.8 Å². The lowest BCUT2D eigenvalue weighted by atomic mass is 10.0. The van der Waals surface area contributed by atoms with Crippen LogP contribution in [0.2, 0.25) is 5.02 Å². The van der Waals surface area contributed by atoms with Gasteiger partial charge >= 0.3 is 0 Å². The number of hydrogen-bond donors (Lipinski definition) is 1. The van der Waals surface area contributed by atoms with Crippen LogP contribution in [0.5, 0.6) is 0 Å². The van der Waals surface area contributed by atoms with E-state index in [1.165, 1.54) is 13.1 Å². The molecule has 1 aromatic rings. The monoisotopic (exact) mass is 400 g/mol. The molecule has 1 heterocycles. The fourth-order valence-corrected chi connectivity index (χ4v) is 3.59. The number of terminal acetylenes is 1. The first-order valence-electron chi connectivity index (χ1n) is 7.76. The molecule has 0 bridgehead atoms. The van der Waals surface area contributed by atoms with Gasteiger partial charge in [0.05, 0.1) is 6.54 Å². The highest BCUT2D eigenvalue weighted by atomic mass is 35.5. The highest BCUT2D eigenvalue weighted by Gasteiger charge is 2.38. The minimum absolute atomic E-state index is 0.0801. The zero-order valence-corrected chi connectivity index (χ0v) is 15.6. The predicted molar refractivity (Wildman–Crippen MR) is 94.5 cm³/mol. The molecule has 1 aromatic carbocycles. The van der Waals surface area contributed by atoms with Crippen molar-refractivity contribution in [3.05, 3.63) is 29.0 Å². The molecule has 7 nitrogen and oxygen atoms in total. The van der Waals surface area contributed by atoms with Gasteiger partial charge < -0.3 is 5.32 Å². The van der Waals surface area contributed by atoms with Crippen molar-refractivity contribution in [1.82, 2.24) is 9.62 Å². The quantitative estimate of drug-likeness (QED) is 0.644. The summed E-state index contributed by atoms with van der Waals surface area (Å²) in [5.41, 5.74) is -0.524. The van der Waals surface area contributed by atoms with Gasteiger partial charge in [-0.15, -0.1) is 12.3 Å². The molecule has 0 aromatic heterocycles. The normalized spacial score (nSPS) is 14.9. The molecule has 10 heteroatoms. The van der Waals surface area contributed by atoms with E-state index in [0.717, 1.165) is 16.4 Å². The van der Waals surface area contributed by atoms with E-state index in [1.54, 1.807) is 0 Å². The second kappa shape index (κ2) is 8.12. The van der Waals surface area contributed by atoms with Crippen molar-refractivity contribution in [2.24, 2.45) is 10.2 Å². The van der Waals surface area contributed by atoms with Crippen LogP contribution in [0.3, 0.4) is 0 Å². The third-order valence-electron chi connectivity index (χ3n) is 3.85. The van der Waals surface area contributed by atoms with E-state index in [4.69, 9.17) is 18.0 Å². The number of nitrogens with one attached hydrogen (secondary N) is 1. The topological polar surface area (TPSA) is 91.2 Å². The molecule has 26 heavy (non-hydrogen) atoms. The van der Waals surface area contributed by atoms with Crippen molar-refractivity contribution < 1.29 is 17.6 Å². The van der Waals surface area contributed by atoms with Crippen LogP contribution in [0.15, 0.2) is 33.3 Å². The molecule has 1 amide bonds. The summed E-state index contributed by atoms with van der Waals surface area (Å²) in [5, 5.41) is 10.6. The van der Waals surface area contributed by atoms with Gasteiger partial charge in [-0.25, -0.2) is 12.8 Å². The Morgan fingerprint density at radius 2 is 2.12 bits per heavy atom. The fraction of sp³-hybridized carbons (Fsp3) is 0.438. The number of sulfonamides is 1. The zero-order valence-electron chi connectivity index (χ0n) is 14.1. The third-order valence-corrected chi connectivity index (χ3v) is 5.92. The Hall–Kier alpha value is -2.02. The molecule has 0 unspecified atom stereocenters. The molecule has 0 spiro atoms. The average molecular weight is 401 g/mol. The van der Waals surface area contributed by atoms with Crippen LogP contribution in [0.25, 0.3) is 0 Å². The Labute approximate surface area is 156 Å². The molecule has 1 aliphatic heterocycles. The molecule has 1 N–H and O–H groups in total. The summed E-state index contributed by atoms with van der Waals surface area (Å²) in [6.45, 7) is -0.171. The fourth-order valence-electron chi connectivity index (χ4n) is 2.27. The minimum atomic E-state index is -4.15. The molecular weight excluding hydrogens is 383 g/mol. The SMILES string of the molecule is C#CCCC1(CCNC(=O)CN(C)S(=O)(=O)c2ccc(Cl)cc2F)N=N1. The van der Waals surface area contributed by atoms with Crippen molar-refractivity contribution in [3.63, 3.8) is 0 Å². The lowest BCUT2D eigenvalue weighted by molar-refractivity contribution is -0.121. The summed E-state index contributed by atoms with van der Waals surface area (Å²) in [6, 6.07) is 3.23. The smallest absolute Gasteiger partial charge is 0.246 e. The predicted octanol–water partition coefficient (Wildman–Crippen LogP) is 2.18. The first-order valence-corrected chi connectivity index (χ1v) is 9.58. The summed E-state index contributed by atoms with van der Waals surface area (Å²) in [4.78, 5) is 11.4. The number of carbonyl (C=O) groups excluding carboxylic acids is 1. The van der Waals surface area contributed by atoms with Crippen LogP contribution in [0, 0.1) is 18.2 Å². The lowest BCUT2D eigenvalue weighted by Crippen LogP contribution is -2.39. The number of carbonyl (C=O) groups is 1. The Balaban J connectivity index is 1.87. The number of hydrogen-bond acceptors (Lipinski definition) is 5. The lowest BCUT2D eigenvalue weighted by Gasteiger charge is -2.17. The van der Waals surface area contributed by atoms with Crippen LogP contribution in [0.1, 0.15) is 19.3 Å². The van der Waals surface area contributed by atoms with E-state index in [-0.39, 0.29) is 11.6 Å². The Kier molecular flexibility index (Phi) is 6.34. The van der Waals surface area contributed by atoms with E-state index in [2.05, 4.69) is 21.5 Å². The van der Waals surface area contributed by atoms with Crippen LogP contribution >= 0.6 is 11.6 Å². The highest BCUT2D eigenvalue weighted by Crippen LogP contribution is 2.36. The van der Waals surface area contributed by atoms with Crippen LogP contribution < -0.4 is 5.32 Å². The Bertz CT molecular complexity index is 861. The summed E-state index contributed by atoms with van der Waals surface area (Å²) in [6.07, 6.45) is 6.84. The molecule has 2 rings (SSSR count). The maximum Gasteiger partial charge on any atom is 0.246 e. The number of amides is 1. The van der Waals surface area contributed by atoms with E-state index in [9.17, 15) is 17.6 Å². The largest absolute Gasteiger partial charge is 0.355 e. The molecule has 140 valence electrons. The third kappa shape index (κ3) is 5.00. The molecule has 0 saturated carbocycles. The molecule has 0 saturated heterocycles. The van der Waals surface area contributed by atoms with Gasteiger partial charge in [-0.05, 0) is 18.2 Å². The summed E-state index contributed by atoms with van der Waals surface area (Å²) < 4.78 is 39.4. The van der Waals surface area contributed by atoms with Crippen molar-refractivity contribution in [1.29, 1.82) is 0 Å². The molecule has 0 fully saturated rings. The maximum absolute atomic E-state index is 13.9. The standard InChI is InChI=1S/C16H18ClFN4O3S/c1-3-4-7-16(20-21-16)8-9-19-15(23)11-22(2)26(24,25)14-6-5-12(17)10-13(14)18/h1,5-6,10H,4,7-9,11H2,2H3,(H,19,23). The van der Waals surface area contributed by atoms with E-state index < -0.39 is 38.9 Å². The van der Waals surface area contributed by atoms with E-state index in [1.807, 2.05) is 0 Å². The molecule has 0 atom stereocenters. The number of nitrogens with zero attached hydrogens (tertiary/aromatic N) is 3. The van der Waals surface area contributed by atoms with Gasteiger partial charge in [-0.2, -0.15) is 14.5 Å². The number of rotatable bonds is 9. The van der Waals surface area contributed by atoms with Gasteiger partial charge in [0.2, 0.25) is 15.9 Å². The minimum Gasteiger partial charge on any atom is -0.355 e. The summed E-state index contributed by atoms with van der Waals surface area (Å²) in [7, 11) is -2.96. The molecule has 0 radical (unpaired) electrons. The second-order valence-electron chi connectivity index (χ2n) is 5.82.